The first-order chi connectivity index (χ1) is 10.1. The summed E-state index contributed by atoms with van der Waals surface area (Å²) in [5.74, 6) is -0.221. The van der Waals surface area contributed by atoms with Gasteiger partial charge in [0, 0.05) is 12.4 Å². The summed E-state index contributed by atoms with van der Waals surface area (Å²) in [4.78, 5) is 18.7. The van der Waals surface area contributed by atoms with E-state index in [1.807, 2.05) is 31.2 Å². The van der Waals surface area contributed by atoms with Gasteiger partial charge in [0.1, 0.15) is 5.75 Å². The van der Waals surface area contributed by atoms with Crippen LogP contribution in [0.3, 0.4) is 0 Å². The molecule has 0 bridgehead atoms. The maximum atomic E-state index is 10.5. The number of allylic oxidation sites excluding steroid dienone is 1. The Kier molecular flexibility index (Phi) is 5.04. The molecule has 2 rings (SSSR count). The van der Waals surface area contributed by atoms with Crippen LogP contribution in [0.2, 0.25) is 0 Å². The van der Waals surface area contributed by atoms with Crippen molar-refractivity contribution in [2.24, 2.45) is 0 Å². The van der Waals surface area contributed by atoms with Crippen molar-refractivity contribution in [3.63, 3.8) is 0 Å². The van der Waals surface area contributed by atoms with E-state index in [0.29, 0.717) is 5.75 Å². The number of ether oxygens (including phenoxy) is 1. The molecule has 0 unspecified atom stereocenters. The Hall–Kier alpha value is -2.69. The number of rotatable bonds is 6. The van der Waals surface area contributed by atoms with E-state index in [1.165, 1.54) is 0 Å². The predicted molar refractivity (Wildman–Crippen MR) is 79.8 cm³/mol. The minimum atomic E-state index is -0.871. The molecule has 0 aliphatic carbocycles. The first kappa shape index (κ1) is 14.7. The molecule has 0 aliphatic heterocycles. The second kappa shape index (κ2) is 7.19. The number of nitrogens with zero attached hydrogens (tertiary/aromatic N) is 2. The average molecular weight is 284 g/mol. The third-order valence-corrected chi connectivity index (χ3v) is 2.79. The van der Waals surface area contributed by atoms with E-state index in [-0.39, 0.29) is 13.0 Å². The number of carboxylic acid groups (broad SMARTS) is 1. The summed E-state index contributed by atoms with van der Waals surface area (Å²) < 4.78 is 5.41. The lowest BCUT2D eigenvalue weighted by Crippen LogP contribution is -2.04. The highest BCUT2D eigenvalue weighted by Gasteiger charge is 2.01. The number of aromatic nitrogens is 2. The summed E-state index contributed by atoms with van der Waals surface area (Å²) in [5.41, 5.74) is 2.77. The number of carbonyl (C=O) groups is 1. The lowest BCUT2D eigenvalue weighted by Gasteiger charge is -2.06. The van der Waals surface area contributed by atoms with E-state index >= 15 is 0 Å². The van der Waals surface area contributed by atoms with E-state index in [1.54, 1.807) is 24.7 Å². The smallest absolute Gasteiger partial charge is 0.306 e. The Morgan fingerprint density at radius 1 is 1.38 bits per heavy atom. The Bertz CT molecular complexity index is 639. The molecule has 5 nitrogen and oxygen atoms in total. The zero-order valence-corrected chi connectivity index (χ0v) is 11.7. The fourth-order valence-electron chi connectivity index (χ4n) is 1.78. The minimum Gasteiger partial charge on any atom is -0.493 e. The summed E-state index contributed by atoms with van der Waals surface area (Å²) in [5, 5.41) is 8.59. The second-order valence-electron chi connectivity index (χ2n) is 4.48. The molecule has 0 spiro atoms. The Labute approximate surface area is 122 Å². The maximum Gasteiger partial charge on any atom is 0.306 e. The van der Waals surface area contributed by atoms with Crippen LogP contribution in [0.5, 0.6) is 5.75 Å². The minimum absolute atomic E-state index is 0.0152. The fourth-order valence-corrected chi connectivity index (χ4v) is 1.78. The molecule has 0 fully saturated rings. The third-order valence-electron chi connectivity index (χ3n) is 2.79. The van der Waals surface area contributed by atoms with Gasteiger partial charge < -0.3 is 9.84 Å². The van der Waals surface area contributed by atoms with Crippen molar-refractivity contribution in [2.45, 2.75) is 13.3 Å². The van der Waals surface area contributed by atoms with Crippen LogP contribution >= 0.6 is 0 Å². The molecule has 2 aromatic rings. The monoisotopic (exact) mass is 284 g/mol. The van der Waals surface area contributed by atoms with Crippen molar-refractivity contribution >= 4 is 17.6 Å². The van der Waals surface area contributed by atoms with Gasteiger partial charge in [-0.05, 0) is 36.3 Å². The number of hydrogen-bond acceptors (Lipinski definition) is 4. The van der Waals surface area contributed by atoms with Crippen LogP contribution in [0.4, 0.5) is 0 Å². The topological polar surface area (TPSA) is 72.3 Å². The lowest BCUT2D eigenvalue weighted by molar-refractivity contribution is -0.137. The molecular weight excluding hydrogens is 268 g/mol. The maximum absolute atomic E-state index is 10.5. The molecule has 0 saturated carbocycles. The van der Waals surface area contributed by atoms with Gasteiger partial charge in [-0.25, -0.2) is 0 Å². The molecule has 1 N–H and O–H groups in total. The van der Waals surface area contributed by atoms with Crippen molar-refractivity contribution in [3.8, 4) is 5.75 Å². The summed E-state index contributed by atoms with van der Waals surface area (Å²) >= 11 is 0. The highest BCUT2D eigenvalue weighted by atomic mass is 16.5. The summed E-state index contributed by atoms with van der Waals surface area (Å²) in [6, 6.07) is 7.48. The molecule has 1 aromatic heterocycles. The molecule has 21 heavy (non-hydrogen) atoms. The Morgan fingerprint density at radius 3 is 2.95 bits per heavy atom. The van der Waals surface area contributed by atoms with Gasteiger partial charge in [0.05, 0.1) is 24.9 Å². The van der Waals surface area contributed by atoms with Crippen molar-refractivity contribution in [1.82, 2.24) is 9.97 Å². The van der Waals surface area contributed by atoms with Gasteiger partial charge in [-0.2, -0.15) is 0 Å². The largest absolute Gasteiger partial charge is 0.493 e. The first-order valence-corrected chi connectivity index (χ1v) is 6.54. The van der Waals surface area contributed by atoms with Crippen LogP contribution < -0.4 is 4.74 Å². The van der Waals surface area contributed by atoms with Crippen molar-refractivity contribution in [1.29, 1.82) is 0 Å². The molecule has 0 radical (unpaired) electrons. The van der Waals surface area contributed by atoms with Gasteiger partial charge in [0.15, 0.2) is 0 Å². The lowest BCUT2D eigenvalue weighted by atomic mass is 10.1. The van der Waals surface area contributed by atoms with Gasteiger partial charge in [-0.1, -0.05) is 12.1 Å². The normalized spacial score (nSPS) is 11.2. The summed E-state index contributed by atoms with van der Waals surface area (Å²) in [6.07, 6.45) is 6.96. The predicted octanol–water partition coefficient (Wildman–Crippen LogP) is 2.89. The van der Waals surface area contributed by atoms with Gasteiger partial charge >= 0.3 is 5.97 Å². The Balaban J connectivity index is 2.08. The molecule has 0 amide bonds. The van der Waals surface area contributed by atoms with E-state index in [9.17, 15) is 4.79 Å². The SMILES string of the molecule is C/C(=C\c1cccc(OCCC(=O)O)c1)c1cnccn1. The van der Waals surface area contributed by atoms with Crippen LogP contribution in [0.1, 0.15) is 24.6 Å². The van der Waals surface area contributed by atoms with E-state index in [2.05, 4.69) is 9.97 Å². The van der Waals surface area contributed by atoms with Gasteiger partial charge in [0.25, 0.3) is 0 Å². The van der Waals surface area contributed by atoms with E-state index in [4.69, 9.17) is 9.84 Å². The second-order valence-corrected chi connectivity index (χ2v) is 4.48. The number of carboxylic acids is 1. The van der Waals surface area contributed by atoms with Gasteiger partial charge in [0.2, 0.25) is 0 Å². The van der Waals surface area contributed by atoms with Crippen LogP contribution in [-0.2, 0) is 4.79 Å². The standard InChI is InChI=1S/C16H16N2O3/c1-12(15-11-17-6-7-18-15)9-13-3-2-4-14(10-13)21-8-5-16(19)20/h2-4,6-7,9-11H,5,8H2,1H3,(H,19,20)/b12-9+. The molecule has 5 heteroatoms. The van der Waals surface area contributed by atoms with E-state index in [0.717, 1.165) is 16.8 Å². The summed E-state index contributed by atoms with van der Waals surface area (Å²) in [7, 11) is 0. The third kappa shape index (κ3) is 4.72. The molecule has 0 aliphatic rings. The zero-order chi connectivity index (χ0) is 15.1. The quantitative estimate of drug-likeness (QED) is 0.883. The van der Waals surface area contributed by atoms with Gasteiger partial charge in [-0.15, -0.1) is 0 Å². The molecule has 0 saturated heterocycles. The number of aliphatic carboxylic acids is 1. The first-order valence-electron chi connectivity index (χ1n) is 6.54. The summed E-state index contributed by atoms with van der Waals surface area (Å²) in [6.45, 7) is 2.12. The van der Waals surface area contributed by atoms with Crippen LogP contribution in [0, 0.1) is 0 Å². The zero-order valence-electron chi connectivity index (χ0n) is 11.7. The van der Waals surface area contributed by atoms with E-state index < -0.39 is 5.97 Å². The molecule has 0 atom stereocenters. The fraction of sp³-hybridized carbons (Fsp3) is 0.188. The molecule has 1 heterocycles. The number of hydrogen-bond donors (Lipinski definition) is 1. The van der Waals surface area contributed by atoms with Crippen LogP contribution in [0.25, 0.3) is 11.6 Å². The Morgan fingerprint density at radius 2 is 2.24 bits per heavy atom. The highest BCUT2D eigenvalue weighted by Crippen LogP contribution is 2.19. The van der Waals surface area contributed by atoms with Crippen LogP contribution in [0.15, 0.2) is 42.9 Å². The molecule has 108 valence electrons. The average Bonchev–Trinajstić information content (AvgIpc) is 2.48. The van der Waals surface area contributed by atoms with Crippen molar-refractivity contribution < 1.29 is 14.6 Å². The van der Waals surface area contributed by atoms with Crippen molar-refractivity contribution in [3.05, 3.63) is 54.1 Å². The number of benzene rings is 1. The van der Waals surface area contributed by atoms with Crippen LogP contribution in [-0.4, -0.2) is 27.7 Å². The molecular formula is C16H16N2O3. The highest BCUT2D eigenvalue weighted by molar-refractivity contribution is 5.78. The van der Waals surface area contributed by atoms with Gasteiger partial charge in [-0.3, -0.25) is 14.8 Å². The molecule has 1 aromatic carbocycles. The van der Waals surface area contributed by atoms with Crippen molar-refractivity contribution in [2.75, 3.05) is 6.61 Å².